The highest BCUT2D eigenvalue weighted by Crippen LogP contribution is 2.36. The number of nitrogens with two attached hydrogens (primary N) is 1. The van der Waals surface area contributed by atoms with Crippen molar-refractivity contribution in [2.24, 2.45) is 5.73 Å². The Hall–Kier alpha value is -3.04. The molecule has 1 aliphatic rings. The number of amides is 2. The number of aliphatic hydroxyl groups is 1. The average molecular weight is 573 g/mol. The number of primary amides is 1. The van der Waals surface area contributed by atoms with Gasteiger partial charge in [0.15, 0.2) is 0 Å². The van der Waals surface area contributed by atoms with Crippen LogP contribution in [-0.2, 0) is 16.0 Å². The number of hydrogen-bond donors (Lipinski definition) is 2. The normalized spacial score (nSPS) is 14.8. The molecule has 10 heteroatoms. The first-order valence-electron chi connectivity index (χ1n) is 12.8. The van der Waals surface area contributed by atoms with Crippen LogP contribution < -0.4 is 5.73 Å². The molecule has 0 radical (unpaired) electrons. The maximum absolute atomic E-state index is 13.9. The van der Waals surface area contributed by atoms with E-state index in [1.807, 2.05) is 11.0 Å². The lowest BCUT2D eigenvalue weighted by atomic mass is 9.91. The number of aliphatic hydroxyl groups excluding tert-OH is 1. The molecule has 0 spiro atoms. The van der Waals surface area contributed by atoms with E-state index < -0.39 is 11.8 Å². The number of aryl methyl sites for hydroxylation is 2. The fourth-order valence-corrected chi connectivity index (χ4v) is 5.57. The number of β-amino-alcohol motifs (C(OH)–C–C–N with tert-alkyl or cyclic N) is 1. The standard InChI is InChI=1S/C29H31Cl2FN4O3/c1-18-15-20(32)6-7-21(18)24-16-19(5-8-26(38)36-11-9-35(10-12-36)13-14-37)17-25(34-24)28(29(33)39)27-22(30)3-2-4-23(27)31/h2-4,6-7,15-17,28,37H,5,8-14H2,1H3,(H2,33,39). The third-order valence-electron chi connectivity index (χ3n) is 7.01. The molecule has 0 saturated carbocycles. The fraction of sp³-hybridized carbons (Fsp3) is 0.345. The molecule has 1 saturated heterocycles. The molecule has 206 valence electrons. The van der Waals surface area contributed by atoms with E-state index in [4.69, 9.17) is 39.0 Å². The summed E-state index contributed by atoms with van der Waals surface area (Å²) in [6.45, 7) is 5.13. The number of piperazine rings is 1. The molecule has 1 unspecified atom stereocenters. The van der Waals surface area contributed by atoms with Crippen molar-refractivity contribution in [2.75, 3.05) is 39.3 Å². The summed E-state index contributed by atoms with van der Waals surface area (Å²) in [5.41, 5.74) is 9.23. The number of pyridine rings is 1. The number of hydrogen-bond acceptors (Lipinski definition) is 5. The number of benzene rings is 2. The third kappa shape index (κ3) is 6.94. The maximum Gasteiger partial charge on any atom is 0.231 e. The predicted octanol–water partition coefficient (Wildman–Crippen LogP) is 4.19. The highest BCUT2D eigenvalue weighted by atomic mass is 35.5. The average Bonchev–Trinajstić information content (AvgIpc) is 2.89. The van der Waals surface area contributed by atoms with Crippen LogP contribution in [0.1, 0.15) is 34.7 Å². The summed E-state index contributed by atoms with van der Waals surface area (Å²) in [5, 5.41) is 9.72. The van der Waals surface area contributed by atoms with Crippen LogP contribution in [0, 0.1) is 12.7 Å². The first kappa shape index (κ1) is 29.0. The molecule has 4 rings (SSSR count). The highest BCUT2D eigenvalue weighted by molar-refractivity contribution is 6.36. The van der Waals surface area contributed by atoms with Gasteiger partial charge in [0.25, 0.3) is 0 Å². The van der Waals surface area contributed by atoms with Crippen LogP contribution in [0.5, 0.6) is 0 Å². The van der Waals surface area contributed by atoms with Crippen LogP contribution >= 0.6 is 23.2 Å². The van der Waals surface area contributed by atoms with Crippen LogP contribution in [0.3, 0.4) is 0 Å². The van der Waals surface area contributed by atoms with Crippen molar-refractivity contribution in [3.05, 3.63) is 86.8 Å². The maximum atomic E-state index is 13.9. The van der Waals surface area contributed by atoms with E-state index in [1.165, 1.54) is 12.1 Å². The lowest BCUT2D eigenvalue weighted by molar-refractivity contribution is -0.133. The molecule has 39 heavy (non-hydrogen) atoms. The second-order valence-electron chi connectivity index (χ2n) is 9.66. The Labute approximate surface area is 237 Å². The second-order valence-corrected chi connectivity index (χ2v) is 10.5. The molecule has 1 aliphatic heterocycles. The zero-order valence-corrected chi connectivity index (χ0v) is 23.2. The highest BCUT2D eigenvalue weighted by Gasteiger charge is 2.28. The van der Waals surface area contributed by atoms with Gasteiger partial charge in [0, 0.05) is 60.3 Å². The van der Waals surface area contributed by atoms with Crippen LogP contribution in [0.25, 0.3) is 11.3 Å². The second kappa shape index (κ2) is 12.9. The van der Waals surface area contributed by atoms with Crippen LogP contribution in [-0.4, -0.2) is 71.0 Å². The minimum atomic E-state index is -1.03. The molecule has 2 aromatic carbocycles. The van der Waals surface area contributed by atoms with Gasteiger partial charge < -0.3 is 15.7 Å². The van der Waals surface area contributed by atoms with E-state index in [-0.39, 0.29) is 34.8 Å². The van der Waals surface area contributed by atoms with Gasteiger partial charge in [-0.05, 0) is 66.9 Å². The number of aromatic nitrogens is 1. The number of carbonyl (C=O) groups is 2. The number of carbonyl (C=O) groups excluding carboxylic acids is 2. The number of halogens is 3. The Balaban J connectivity index is 1.68. The molecule has 1 atom stereocenters. The van der Waals surface area contributed by atoms with E-state index in [0.717, 1.165) is 18.7 Å². The Morgan fingerprint density at radius 1 is 1.08 bits per heavy atom. The molecule has 1 fully saturated rings. The van der Waals surface area contributed by atoms with E-state index in [2.05, 4.69) is 4.90 Å². The summed E-state index contributed by atoms with van der Waals surface area (Å²) in [6, 6.07) is 13.0. The van der Waals surface area contributed by atoms with Crippen molar-refractivity contribution in [3.8, 4) is 11.3 Å². The van der Waals surface area contributed by atoms with E-state index >= 15 is 0 Å². The monoisotopic (exact) mass is 572 g/mol. The minimum absolute atomic E-state index is 0.0251. The predicted molar refractivity (Wildman–Crippen MR) is 150 cm³/mol. The summed E-state index contributed by atoms with van der Waals surface area (Å²) in [5.74, 6) is -2.04. The van der Waals surface area contributed by atoms with Gasteiger partial charge in [0.1, 0.15) is 11.7 Å². The first-order chi connectivity index (χ1) is 18.7. The molecule has 0 bridgehead atoms. The van der Waals surface area contributed by atoms with Crippen LogP contribution in [0.4, 0.5) is 4.39 Å². The zero-order chi connectivity index (χ0) is 28.1. The number of rotatable bonds is 9. The van der Waals surface area contributed by atoms with Gasteiger partial charge in [-0.1, -0.05) is 29.3 Å². The fourth-order valence-electron chi connectivity index (χ4n) is 4.95. The molecular formula is C29H31Cl2FN4O3. The first-order valence-corrected chi connectivity index (χ1v) is 13.5. The van der Waals surface area contributed by atoms with Gasteiger partial charge in [0.05, 0.1) is 18.0 Å². The summed E-state index contributed by atoms with van der Waals surface area (Å²) < 4.78 is 13.9. The van der Waals surface area contributed by atoms with Gasteiger partial charge in [0.2, 0.25) is 11.8 Å². The molecular weight excluding hydrogens is 542 g/mol. The van der Waals surface area contributed by atoms with E-state index in [1.54, 1.807) is 37.3 Å². The summed E-state index contributed by atoms with van der Waals surface area (Å²) in [4.78, 5) is 34.5. The topological polar surface area (TPSA) is 99.8 Å². The molecule has 3 N–H and O–H groups in total. The lowest BCUT2D eigenvalue weighted by Gasteiger charge is -2.34. The van der Waals surface area contributed by atoms with Crippen molar-refractivity contribution >= 4 is 35.0 Å². The molecule has 2 amide bonds. The van der Waals surface area contributed by atoms with E-state index in [9.17, 15) is 14.0 Å². The van der Waals surface area contributed by atoms with Crippen LogP contribution in [0.2, 0.25) is 10.0 Å². The van der Waals surface area contributed by atoms with Crippen molar-refractivity contribution < 1.29 is 19.1 Å². The summed E-state index contributed by atoms with van der Waals surface area (Å²) in [6.07, 6.45) is 0.666. The summed E-state index contributed by atoms with van der Waals surface area (Å²) >= 11 is 12.9. The van der Waals surface area contributed by atoms with Gasteiger partial charge in [-0.15, -0.1) is 0 Å². The SMILES string of the molecule is Cc1cc(F)ccc1-c1cc(CCC(=O)N2CCN(CCO)CC2)cc(C(C(N)=O)c2c(Cl)cccc2Cl)n1. The molecule has 7 nitrogen and oxygen atoms in total. The Kier molecular flexibility index (Phi) is 9.56. The van der Waals surface area contributed by atoms with Crippen molar-refractivity contribution in [1.82, 2.24) is 14.8 Å². The zero-order valence-electron chi connectivity index (χ0n) is 21.7. The molecule has 3 aromatic rings. The van der Waals surface area contributed by atoms with Gasteiger partial charge in [-0.25, -0.2) is 4.39 Å². The van der Waals surface area contributed by atoms with Gasteiger partial charge in [-0.3, -0.25) is 19.5 Å². The largest absolute Gasteiger partial charge is 0.395 e. The quantitative estimate of drug-likeness (QED) is 0.400. The minimum Gasteiger partial charge on any atom is -0.395 e. The van der Waals surface area contributed by atoms with Crippen molar-refractivity contribution in [2.45, 2.75) is 25.7 Å². The molecule has 1 aromatic heterocycles. The molecule has 0 aliphatic carbocycles. The van der Waals surface area contributed by atoms with Crippen molar-refractivity contribution in [3.63, 3.8) is 0 Å². The van der Waals surface area contributed by atoms with Crippen LogP contribution in [0.15, 0.2) is 48.5 Å². The Morgan fingerprint density at radius 3 is 2.38 bits per heavy atom. The van der Waals surface area contributed by atoms with Gasteiger partial charge in [-0.2, -0.15) is 0 Å². The smallest absolute Gasteiger partial charge is 0.231 e. The lowest BCUT2D eigenvalue weighted by Crippen LogP contribution is -2.49. The Morgan fingerprint density at radius 2 is 1.77 bits per heavy atom. The number of nitrogens with zero attached hydrogens (tertiary/aromatic N) is 3. The molecule has 2 heterocycles. The van der Waals surface area contributed by atoms with Gasteiger partial charge >= 0.3 is 0 Å². The van der Waals surface area contributed by atoms with E-state index in [0.29, 0.717) is 54.1 Å². The third-order valence-corrected chi connectivity index (χ3v) is 7.67. The van der Waals surface area contributed by atoms with Crippen molar-refractivity contribution in [1.29, 1.82) is 0 Å². The Bertz CT molecular complexity index is 1340. The summed E-state index contributed by atoms with van der Waals surface area (Å²) in [7, 11) is 0.